The lowest BCUT2D eigenvalue weighted by Gasteiger charge is -2.26. The van der Waals surface area contributed by atoms with Crippen LogP contribution in [0.3, 0.4) is 0 Å². The molecular weight excluding hydrogens is 524 g/mol. The number of hydrogen-bond acceptors (Lipinski definition) is 10. The molecule has 11 nitrogen and oxygen atoms in total. The van der Waals surface area contributed by atoms with Gasteiger partial charge in [0.2, 0.25) is 0 Å². The van der Waals surface area contributed by atoms with Crippen molar-refractivity contribution in [3.8, 4) is 11.5 Å². The second-order valence-corrected chi connectivity index (χ2v) is 10.2. The van der Waals surface area contributed by atoms with Crippen LogP contribution in [0.15, 0.2) is 65.8 Å². The van der Waals surface area contributed by atoms with E-state index in [0.717, 1.165) is 11.3 Å². The van der Waals surface area contributed by atoms with Gasteiger partial charge < -0.3 is 29.0 Å². The van der Waals surface area contributed by atoms with Crippen molar-refractivity contribution in [1.82, 2.24) is 10.2 Å². The fraction of sp³-hybridized carbons (Fsp3) is 0.407. The number of rotatable bonds is 18. The first-order chi connectivity index (χ1) is 19.0. The van der Waals surface area contributed by atoms with E-state index in [-0.39, 0.29) is 23.8 Å². The van der Waals surface area contributed by atoms with Crippen LogP contribution < -0.4 is 19.1 Å². The van der Waals surface area contributed by atoms with E-state index < -0.39 is 10.0 Å². The molecule has 3 rings (SSSR count). The third-order valence-corrected chi connectivity index (χ3v) is 7.35. The van der Waals surface area contributed by atoms with Gasteiger partial charge in [-0.3, -0.25) is 4.31 Å². The minimum atomic E-state index is -4.00. The molecule has 0 aliphatic carbocycles. The number of hydrogen-bond donors (Lipinski definition) is 1. The molecule has 1 aromatic heterocycles. The lowest BCUT2D eigenvalue weighted by molar-refractivity contribution is 0.0268. The summed E-state index contributed by atoms with van der Waals surface area (Å²) in [4.78, 5) is 0.0644. The fourth-order valence-corrected chi connectivity index (χ4v) is 5.26. The number of sulfonamides is 1. The summed E-state index contributed by atoms with van der Waals surface area (Å²) in [6.07, 6.45) is 3.23. The van der Waals surface area contributed by atoms with E-state index >= 15 is 0 Å². The van der Waals surface area contributed by atoms with E-state index in [9.17, 15) is 8.42 Å². The van der Waals surface area contributed by atoms with Crippen molar-refractivity contribution in [3.05, 3.63) is 66.5 Å². The third-order valence-electron chi connectivity index (χ3n) is 5.49. The van der Waals surface area contributed by atoms with Crippen molar-refractivity contribution in [3.63, 3.8) is 0 Å². The Bertz CT molecular complexity index is 1250. The molecule has 212 valence electrons. The first kappa shape index (κ1) is 30.1. The zero-order valence-corrected chi connectivity index (χ0v) is 23.4. The number of ether oxygens (including phenoxy) is 5. The summed E-state index contributed by atoms with van der Waals surface area (Å²) in [6, 6.07) is 13.7. The zero-order chi connectivity index (χ0) is 27.9. The van der Waals surface area contributed by atoms with E-state index in [1.54, 1.807) is 49.8 Å². The van der Waals surface area contributed by atoms with Gasteiger partial charge in [-0.05, 0) is 42.8 Å². The van der Waals surface area contributed by atoms with E-state index in [4.69, 9.17) is 23.7 Å². The van der Waals surface area contributed by atoms with Crippen LogP contribution in [0.2, 0.25) is 0 Å². The Morgan fingerprint density at radius 2 is 1.67 bits per heavy atom. The van der Waals surface area contributed by atoms with Crippen LogP contribution in [-0.2, 0) is 24.2 Å². The van der Waals surface area contributed by atoms with Crippen LogP contribution in [0, 0.1) is 6.92 Å². The number of nitrogens with one attached hydrogen (secondary N) is 1. The maximum absolute atomic E-state index is 13.9. The largest absolute Gasteiger partial charge is 0.495 e. The van der Waals surface area contributed by atoms with Crippen molar-refractivity contribution in [2.45, 2.75) is 11.8 Å². The quantitative estimate of drug-likeness (QED) is 0.232. The maximum atomic E-state index is 13.9. The number of aryl methyl sites for hydroxylation is 1. The number of para-hydroxylation sites is 1. The van der Waals surface area contributed by atoms with Gasteiger partial charge in [-0.1, -0.05) is 12.1 Å². The molecule has 0 aliphatic rings. The summed E-state index contributed by atoms with van der Waals surface area (Å²) in [5, 5.41) is 10.8. The summed E-state index contributed by atoms with van der Waals surface area (Å²) in [7, 11) is -0.945. The number of nitrogens with zero attached hydrogens (tertiary/aromatic N) is 3. The predicted octanol–water partition coefficient (Wildman–Crippen LogP) is 3.16. The van der Waals surface area contributed by atoms with Crippen LogP contribution in [0.4, 0.5) is 11.4 Å². The monoisotopic (exact) mass is 560 g/mol. The minimum Gasteiger partial charge on any atom is -0.495 e. The third kappa shape index (κ3) is 9.36. The highest BCUT2D eigenvalue weighted by molar-refractivity contribution is 7.93. The molecule has 0 aliphatic heterocycles. The van der Waals surface area contributed by atoms with E-state index in [1.807, 2.05) is 19.1 Å². The van der Waals surface area contributed by atoms with Gasteiger partial charge in [0.25, 0.3) is 10.0 Å². The molecular formula is C27H36N4O7S. The van der Waals surface area contributed by atoms with Gasteiger partial charge >= 0.3 is 0 Å². The average molecular weight is 561 g/mol. The SMILES string of the molecule is COCCOCCOCCN(c1cc(C)cc(OCCNc2ccnnc2)c1)S(=O)(=O)c1ccccc1OC. The molecule has 0 saturated carbocycles. The van der Waals surface area contributed by atoms with Crippen LogP contribution in [0.5, 0.6) is 11.5 Å². The molecule has 12 heteroatoms. The Labute approximate surface area is 230 Å². The highest BCUT2D eigenvalue weighted by Crippen LogP contribution is 2.32. The van der Waals surface area contributed by atoms with Gasteiger partial charge in [0.1, 0.15) is 23.0 Å². The Balaban J connectivity index is 1.75. The number of methoxy groups -OCH3 is 2. The van der Waals surface area contributed by atoms with Gasteiger partial charge in [0.15, 0.2) is 0 Å². The molecule has 1 N–H and O–H groups in total. The molecule has 0 saturated heterocycles. The molecule has 0 amide bonds. The molecule has 1 heterocycles. The second-order valence-electron chi connectivity index (χ2n) is 8.36. The first-order valence-corrected chi connectivity index (χ1v) is 13.9. The van der Waals surface area contributed by atoms with Gasteiger partial charge in [-0.2, -0.15) is 10.2 Å². The highest BCUT2D eigenvalue weighted by atomic mass is 32.2. The molecule has 0 fully saturated rings. The smallest absolute Gasteiger partial charge is 0.268 e. The minimum absolute atomic E-state index is 0.0644. The summed E-state index contributed by atoms with van der Waals surface area (Å²) >= 11 is 0. The lowest BCUT2D eigenvalue weighted by Crippen LogP contribution is -2.34. The fourth-order valence-electron chi connectivity index (χ4n) is 3.67. The number of anilines is 2. The summed E-state index contributed by atoms with van der Waals surface area (Å²) in [5.74, 6) is 0.808. The molecule has 0 bridgehead atoms. The molecule has 0 spiro atoms. The summed E-state index contributed by atoms with van der Waals surface area (Å²) in [5.41, 5.74) is 2.14. The molecule has 0 atom stereocenters. The van der Waals surface area contributed by atoms with Crippen LogP contribution in [0.1, 0.15) is 5.56 Å². The Kier molecular flexibility index (Phi) is 12.2. The molecule has 2 aromatic carbocycles. The Morgan fingerprint density at radius 1 is 0.897 bits per heavy atom. The van der Waals surface area contributed by atoms with E-state index in [1.165, 1.54) is 17.5 Å². The average Bonchev–Trinajstić information content (AvgIpc) is 2.94. The summed E-state index contributed by atoms with van der Waals surface area (Å²) in [6.45, 7) is 4.69. The summed E-state index contributed by atoms with van der Waals surface area (Å²) < 4.78 is 56.4. The van der Waals surface area contributed by atoms with Crippen molar-refractivity contribution in [2.24, 2.45) is 0 Å². The Hall–Kier alpha value is -3.45. The molecule has 0 radical (unpaired) electrons. The van der Waals surface area contributed by atoms with Gasteiger partial charge in [0.05, 0.1) is 70.5 Å². The number of aromatic nitrogens is 2. The first-order valence-electron chi connectivity index (χ1n) is 12.5. The highest BCUT2D eigenvalue weighted by Gasteiger charge is 2.28. The Morgan fingerprint density at radius 3 is 2.41 bits per heavy atom. The van der Waals surface area contributed by atoms with Crippen LogP contribution in [0.25, 0.3) is 0 Å². The van der Waals surface area contributed by atoms with Crippen molar-refractivity contribution in [1.29, 1.82) is 0 Å². The standard InChI is InChI=1S/C27H36N4O7S/c1-22-18-24(20-25(19-22)38-12-10-28-23-8-9-29-30-21-23)31(11-13-36-16-17-37-15-14-34-2)39(32,33)27-7-5-4-6-26(27)35-3/h4-9,18-21H,10-17H2,1-3H3,(H,28,29). The van der Waals surface area contributed by atoms with Crippen LogP contribution in [-0.4, -0.2) is 85.6 Å². The topological polar surface area (TPSA) is 121 Å². The van der Waals surface area contributed by atoms with E-state index in [2.05, 4.69) is 15.5 Å². The maximum Gasteiger partial charge on any atom is 0.268 e. The van der Waals surface area contributed by atoms with E-state index in [0.29, 0.717) is 51.0 Å². The predicted molar refractivity (Wildman–Crippen MR) is 148 cm³/mol. The van der Waals surface area contributed by atoms with Crippen LogP contribution >= 0.6 is 0 Å². The van der Waals surface area contributed by atoms with Gasteiger partial charge in [-0.15, -0.1) is 0 Å². The second kappa shape index (κ2) is 15.8. The molecule has 0 unspecified atom stereocenters. The zero-order valence-electron chi connectivity index (χ0n) is 22.5. The van der Waals surface area contributed by atoms with Crippen molar-refractivity contribution < 1.29 is 32.1 Å². The van der Waals surface area contributed by atoms with Gasteiger partial charge in [0, 0.05) is 19.7 Å². The lowest BCUT2D eigenvalue weighted by atomic mass is 10.2. The number of benzene rings is 2. The molecule has 3 aromatic rings. The van der Waals surface area contributed by atoms with Crippen molar-refractivity contribution >= 4 is 21.4 Å². The van der Waals surface area contributed by atoms with Crippen molar-refractivity contribution in [2.75, 3.05) is 76.6 Å². The van der Waals surface area contributed by atoms with Gasteiger partial charge in [-0.25, -0.2) is 8.42 Å². The molecule has 39 heavy (non-hydrogen) atoms. The normalized spacial score (nSPS) is 11.3.